The Kier molecular flexibility index (Phi) is 4.81. The lowest BCUT2D eigenvalue weighted by atomic mass is 9.90. The van der Waals surface area contributed by atoms with Crippen LogP contribution in [0.25, 0.3) is 10.8 Å². The Morgan fingerprint density at radius 2 is 2.04 bits per heavy atom. The van der Waals surface area contributed by atoms with Crippen LogP contribution in [-0.2, 0) is 6.54 Å². The summed E-state index contributed by atoms with van der Waals surface area (Å²) in [5.74, 6) is 1.80. The number of anilines is 3. The highest BCUT2D eigenvalue weighted by Gasteiger charge is 2.33. The van der Waals surface area contributed by atoms with Crippen molar-refractivity contribution in [1.29, 1.82) is 0 Å². The number of rotatable bonds is 5. The summed E-state index contributed by atoms with van der Waals surface area (Å²) < 4.78 is 0. The Balaban J connectivity index is 1.43. The zero-order chi connectivity index (χ0) is 19.7. The molecule has 28 heavy (non-hydrogen) atoms. The molecule has 1 fully saturated rings. The number of nitrogens with two attached hydrogens (primary N) is 1. The molecule has 146 valence electrons. The van der Waals surface area contributed by atoms with Crippen LogP contribution in [0.15, 0.2) is 48.8 Å². The van der Waals surface area contributed by atoms with Crippen LogP contribution >= 0.6 is 0 Å². The van der Waals surface area contributed by atoms with Gasteiger partial charge in [-0.1, -0.05) is 18.2 Å². The second-order valence-electron chi connectivity index (χ2n) is 8.06. The number of pyridine rings is 2. The summed E-state index contributed by atoms with van der Waals surface area (Å²) in [7, 11) is 0. The lowest BCUT2D eigenvalue weighted by molar-refractivity contribution is 0.0263. The zero-order valence-electron chi connectivity index (χ0n) is 16.4. The van der Waals surface area contributed by atoms with Gasteiger partial charge in [0.1, 0.15) is 11.6 Å². The molecule has 1 aromatic carbocycles. The van der Waals surface area contributed by atoms with Crippen molar-refractivity contribution in [1.82, 2.24) is 9.97 Å². The van der Waals surface area contributed by atoms with Crippen LogP contribution in [-0.4, -0.2) is 33.8 Å². The van der Waals surface area contributed by atoms with E-state index in [4.69, 9.17) is 5.73 Å². The maximum Gasteiger partial charge on any atom is 0.131 e. The maximum absolute atomic E-state index is 10.2. The average Bonchev–Trinajstić information content (AvgIpc) is 3.18. The predicted octanol–water partition coefficient (Wildman–Crippen LogP) is 3.42. The van der Waals surface area contributed by atoms with Crippen molar-refractivity contribution in [3.8, 4) is 0 Å². The average molecular weight is 377 g/mol. The Morgan fingerprint density at radius 3 is 2.75 bits per heavy atom. The standard InChI is InChI=1S/C22H27N5O/c1-22(2,28)16-9-11-27(14-16)20-7-6-15(13-26-20)12-25-19-5-3-4-18-17(19)8-10-24-21(18)23/h3-8,10,13,16,25,28H,9,11-12,14H2,1-2H3,(H2,23,24)/t16-/m1/s1. The van der Waals surface area contributed by atoms with E-state index in [1.807, 2.05) is 44.3 Å². The summed E-state index contributed by atoms with van der Waals surface area (Å²) in [5.41, 5.74) is 7.48. The van der Waals surface area contributed by atoms with E-state index in [0.29, 0.717) is 12.4 Å². The first kappa shape index (κ1) is 18.5. The third-order valence-electron chi connectivity index (χ3n) is 5.64. The van der Waals surface area contributed by atoms with Crippen molar-refractivity contribution in [3.63, 3.8) is 0 Å². The molecule has 0 aliphatic carbocycles. The predicted molar refractivity (Wildman–Crippen MR) is 114 cm³/mol. The Bertz CT molecular complexity index is 965. The van der Waals surface area contributed by atoms with Gasteiger partial charge in [0.25, 0.3) is 0 Å². The zero-order valence-corrected chi connectivity index (χ0v) is 16.4. The Morgan fingerprint density at radius 1 is 1.18 bits per heavy atom. The smallest absolute Gasteiger partial charge is 0.131 e. The number of aliphatic hydroxyl groups is 1. The number of hydrogen-bond donors (Lipinski definition) is 3. The van der Waals surface area contributed by atoms with Gasteiger partial charge in [-0.15, -0.1) is 0 Å². The van der Waals surface area contributed by atoms with Crippen LogP contribution in [0.3, 0.4) is 0 Å². The van der Waals surface area contributed by atoms with Gasteiger partial charge in [-0.2, -0.15) is 0 Å². The van der Waals surface area contributed by atoms with Crippen LogP contribution in [0.1, 0.15) is 25.8 Å². The van der Waals surface area contributed by atoms with Crippen LogP contribution in [0.2, 0.25) is 0 Å². The van der Waals surface area contributed by atoms with Gasteiger partial charge >= 0.3 is 0 Å². The summed E-state index contributed by atoms with van der Waals surface area (Å²) >= 11 is 0. The van der Waals surface area contributed by atoms with Gasteiger partial charge in [-0.25, -0.2) is 9.97 Å². The number of benzene rings is 1. The number of fused-ring (bicyclic) bond motifs is 1. The third kappa shape index (κ3) is 3.73. The van der Waals surface area contributed by atoms with Gasteiger partial charge in [0.15, 0.2) is 0 Å². The van der Waals surface area contributed by atoms with Crippen molar-refractivity contribution in [2.24, 2.45) is 5.92 Å². The van der Waals surface area contributed by atoms with Gasteiger partial charge in [0.05, 0.1) is 5.60 Å². The molecule has 0 saturated carbocycles. The number of hydrogen-bond acceptors (Lipinski definition) is 6. The minimum atomic E-state index is -0.643. The summed E-state index contributed by atoms with van der Waals surface area (Å²) in [6, 6.07) is 12.2. The molecule has 4 N–H and O–H groups in total. The topological polar surface area (TPSA) is 87.3 Å². The summed E-state index contributed by atoms with van der Waals surface area (Å²) in [6.07, 6.45) is 4.64. The van der Waals surface area contributed by atoms with E-state index in [1.54, 1.807) is 6.20 Å². The summed E-state index contributed by atoms with van der Waals surface area (Å²) in [6.45, 7) is 6.24. The van der Waals surface area contributed by atoms with Gasteiger partial charge < -0.3 is 21.1 Å². The number of aromatic nitrogens is 2. The molecule has 1 aliphatic rings. The SMILES string of the molecule is CC(C)(O)[C@@H]1CCN(c2ccc(CNc3cccc4c(N)nccc34)cn2)C1. The Labute approximate surface area is 165 Å². The molecule has 4 rings (SSSR count). The quantitative estimate of drug-likeness (QED) is 0.631. The minimum Gasteiger partial charge on any atom is -0.390 e. The first-order chi connectivity index (χ1) is 13.4. The van der Waals surface area contributed by atoms with E-state index in [0.717, 1.165) is 47.4 Å². The minimum absolute atomic E-state index is 0.281. The van der Waals surface area contributed by atoms with Gasteiger partial charge in [-0.05, 0) is 44.0 Å². The molecule has 0 amide bonds. The third-order valence-corrected chi connectivity index (χ3v) is 5.64. The van der Waals surface area contributed by atoms with E-state index in [1.165, 1.54) is 0 Å². The van der Waals surface area contributed by atoms with E-state index in [9.17, 15) is 5.11 Å². The fourth-order valence-corrected chi connectivity index (χ4v) is 3.83. The molecule has 6 heteroatoms. The van der Waals surface area contributed by atoms with Crippen LogP contribution in [0.4, 0.5) is 17.3 Å². The van der Waals surface area contributed by atoms with Crippen LogP contribution < -0.4 is 16.0 Å². The van der Waals surface area contributed by atoms with Gasteiger partial charge in [-0.3, -0.25) is 0 Å². The van der Waals surface area contributed by atoms with Crippen molar-refractivity contribution >= 4 is 28.1 Å². The molecular formula is C22H27N5O. The summed E-state index contributed by atoms with van der Waals surface area (Å²) in [5, 5.41) is 15.7. The van der Waals surface area contributed by atoms with Crippen LogP contribution in [0, 0.1) is 5.92 Å². The lowest BCUT2D eigenvalue weighted by Crippen LogP contribution is -2.33. The first-order valence-corrected chi connectivity index (χ1v) is 9.71. The van der Waals surface area contributed by atoms with Crippen molar-refractivity contribution in [2.45, 2.75) is 32.4 Å². The van der Waals surface area contributed by atoms with E-state index >= 15 is 0 Å². The van der Waals surface area contributed by atoms with E-state index in [-0.39, 0.29) is 5.92 Å². The molecule has 0 bridgehead atoms. The number of nitrogens with one attached hydrogen (secondary N) is 1. The highest BCUT2D eigenvalue weighted by molar-refractivity contribution is 5.99. The largest absolute Gasteiger partial charge is 0.390 e. The number of nitrogens with zero attached hydrogens (tertiary/aromatic N) is 3. The van der Waals surface area contributed by atoms with E-state index in [2.05, 4.69) is 32.3 Å². The summed E-state index contributed by atoms with van der Waals surface area (Å²) in [4.78, 5) is 11.0. The molecule has 0 radical (unpaired) electrons. The van der Waals surface area contributed by atoms with Gasteiger partial charge in [0.2, 0.25) is 0 Å². The molecule has 3 heterocycles. The number of nitrogen functional groups attached to an aromatic ring is 1. The Hall–Kier alpha value is -2.86. The van der Waals surface area contributed by atoms with Crippen molar-refractivity contribution in [2.75, 3.05) is 29.0 Å². The second-order valence-corrected chi connectivity index (χ2v) is 8.06. The van der Waals surface area contributed by atoms with Crippen molar-refractivity contribution in [3.05, 3.63) is 54.4 Å². The fourth-order valence-electron chi connectivity index (χ4n) is 3.83. The molecule has 1 saturated heterocycles. The molecule has 6 nitrogen and oxygen atoms in total. The molecule has 1 atom stereocenters. The van der Waals surface area contributed by atoms with Gasteiger partial charge in [0, 0.05) is 54.4 Å². The molecule has 3 aromatic rings. The van der Waals surface area contributed by atoms with E-state index < -0.39 is 5.60 Å². The van der Waals surface area contributed by atoms with Crippen LogP contribution in [0.5, 0.6) is 0 Å². The molecule has 0 spiro atoms. The molecule has 2 aromatic heterocycles. The lowest BCUT2D eigenvalue weighted by Gasteiger charge is -2.26. The first-order valence-electron chi connectivity index (χ1n) is 9.71. The monoisotopic (exact) mass is 377 g/mol. The van der Waals surface area contributed by atoms with Crippen molar-refractivity contribution < 1.29 is 5.11 Å². The normalized spacial score (nSPS) is 17.2. The molecule has 1 aliphatic heterocycles. The maximum atomic E-state index is 10.2. The molecule has 0 unspecified atom stereocenters. The fraction of sp³-hybridized carbons (Fsp3) is 0.364. The highest BCUT2D eigenvalue weighted by Crippen LogP contribution is 2.30. The molecular weight excluding hydrogens is 350 g/mol. The second kappa shape index (κ2) is 7.28. The highest BCUT2D eigenvalue weighted by atomic mass is 16.3.